The van der Waals surface area contributed by atoms with Gasteiger partial charge in [0.05, 0.1) is 5.52 Å². The number of hydrogen-bond donors (Lipinski definition) is 0. The van der Waals surface area contributed by atoms with Crippen molar-refractivity contribution < 1.29 is 9.53 Å². The summed E-state index contributed by atoms with van der Waals surface area (Å²) in [4.78, 5) is 13.4. The van der Waals surface area contributed by atoms with Gasteiger partial charge in [-0.05, 0) is 53.3 Å². The molecule has 1 aliphatic heterocycles. The highest BCUT2D eigenvalue weighted by Crippen LogP contribution is 2.44. The number of fused-ring (bicyclic) bond motifs is 4. The van der Waals surface area contributed by atoms with E-state index >= 15 is 0 Å². The maximum Gasteiger partial charge on any atom is 0.262 e. The molecule has 0 bridgehead atoms. The van der Waals surface area contributed by atoms with Gasteiger partial charge >= 0.3 is 0 Å². The lowest BCUT2D eigenvalue weighted by Crippen LogP contribution is -2.34. The van der Waals surface area contributed by atoms with Crippen LogP contribution >= 0.6 is 0 Å². The zero-order valence-electron chi connectivity index (χ0n) is 20.0. The summed E-state index contributed by atoms with van der Waals surface area (Å²) >= 11 is 0. The van der Waals surface area contributed by atoms with Crippen molar-refractivity contribution in [1.29, 1.82) is 0 Å². The van der Waals surface area contributed by atoms with E-state index in [1.165, 1.54) is 0 Å². The van der Waals surface area contributed by atoms with Crippen LogP contribution in [0.3, 0.4) is 0 Å². The van der Waals surface area contributed by atoms with Crippen LogP contribution in [0.1, 0.15) is 27.0 Å². The predicted molar refractivity (Wildman–Crippen MR) is 149 cm³/mol. The molecule has 0 saturated carbocycles. The Kier molecular flexibility index (Phi) is 4.83. The Labute approximate surface area is 214 Å². The maximum atomic E-state index is 13.4. The monoisotopic (exact) mass is 477 g/mol. The van der Waals surface area contributed by atoms with Gasteiger partial charge in [0.25, 0.3) is 5.91 Å². The molecule has 5 aromatic carbocycles. The largest absolute Gasteiger partial charge is 0.473 e. The molecule has 1 aromatic heterocycles. The highest BCUT2D eigenvalue weighted by Gasteiger charge is 2.37. The highest BCUT2D eigenvalue weighted by molar-refractivity contribution is 6.05. The maximum absolute atomic E-state index is 13.4. The minimum Gasteiger partial charge on any atom is -0.473 e. The molecule has 176 valence electrons. The number of ether oxygens (including phenoxy) is 1. The number of para-hydroxylation sites is 1. The average molecular weight is 478 g/mol. The fourth-order valence-corrected chi connectivity index (χ4v) is 5.38. The van der Waals surface area contributed by atoms with Crippen molar-refractivity contribution in [3.05, 3.63) is 156 Å². The first kappa shape index (κ1) is 21.4. The molecule has 7 rings (SSSR count). The van der Waals surface area contributed by atoms with Gasteiger partial charge in [0.15, 0.2) is 5.60 Å². The third kappa shape index (κ3) is 3.40. The van der Waals surface area contributed by atoms with Crippen molar-refractivity contribution in [2.75, 3.05) is 0 Å². The lowest BCUT2D eigenvalue weighted by atomic mass is 9.83. The van der Waals surface area contributed by atoms with E-state index in [1.54, 1.807) is 4.57 Å². The second-order valence-electron chi connectivity index (χ2n) is 9.37. The number of hydrogen-bond acceptors (Lipinski definition) is 2. The number of nitrogens with zero attached hydrogens (tertiary/aromatic N) is 1. The van der Waals surface area contributed by atoms with Crippen molar-refractivity contribution >= 4 is 33.7 Å². The summed E-state index contributed by atoms with van der Waals surface area (Å²) in [6.45, 7) is 0. The van der Waals surface area contributed by atoms with Crippen LogP contribution in [0.4, 0.5) is 0 Å². The van der Waals surface area contributed by atoms with Gasteiger partial charge in [-0.25, -0.2) is 0 Å². The van der Waals surface area contributed by atoms with Crippen molar-refractivity contribution in [2.45, 2.75) is 5.60 Å². The molecule has 1 aliphatic rings. The molecule has 3 heteroatoms. The lowest BCUT2D eigenvalue weighted by Gasteiger charge is -2.36. The van der Waals surface area contributed by atoms with Crippen LogP contribution in [0, 0.1) is 0 Å². The predicted octanol–water partition coefficient (Wildman–Crippen LogP) is 7.83. The van der Waals surface area contributed by atoms with Crippen molar-refractivity contribution in [2.24, 2.45) is 0 Å². The molecular formula is C34H23NO2. The van der Waals surface area contributed by atoms with Gasteiger partial charge in [-0.1, -0.05) is 91.0 Å². The third-order valence-electron chi connectivity index (χ3n) is 7.25. The van der Waals surface area contributed by atoms with Crippen LogP contribution in [0.5, 0.6) is 5.75 Å². The van der Waals surface area contributed by atoms with E-state index in [1.807, 2.05) is 103 Å². The highest BCUT2D eigenvalue weighted by atomic mass is 16.5. The van der Waals surface area contributed by atoms with Crippen LogP contribution in [0.2, 0.25) is 0 Å². The molecule has 0 saturated heterocycles. The van der Waals surface area contributed by atoms with Crippen LogP contribution in [0.25, 0.3) is 27.8 Å². The van der Waals surface area contributed by atoms with Gasteiger partial charge < -0.3 is 4.74 Å². The lowest BCUT2D eigenvalue weighted by molar-refractivity contribution is 0.0965. The number of carbonyl (C=O) groups excluding carboxylic acids is 1. The smallest absolute Gasteiger partial charge is 0.262 e. The Morgan fingerprint density at radius 2 is 1.38 bits per heavy atom. The average Bonchev–Trinajstić information content (AvgIpc) is 3.41. The fraction of sp³-hybridized carbons (Fsp3) is 0.0294. The summed E-state index contributed by atoms with van der Waals surface area (Å²) in [5, 5.41) is 3.10. The van der Waals surface area contributed by atoms with E-state index in [0.29, 0.717) is 5.56 Å². The summed E-state index contributed by atoms with van der Waals surface area (Å²) < 4.78 is 8.54. The summed E-state index contributed by atoms with van der Waals surface area (Å²) in [5.41, 5.74) is 4.01. The minimum atomic E-state index is -0.714. The standard InChI is InChI=1S/C34H23NO2/c36-33(35-22-20-24-9-7-8-14-31(24)35)26-15-17-29-25(23-26)16-18-32-30(29)19-21-34(37-32,27-10-3-1-4-11-27)28-12-5-2-6-13-28/h1-23H. The molecule has 0 spiro atoms. The van der Waals surface area contributed by atoms with E-state index < -0.39 is 5.60 Å². The molecule has 0 atom stereocenters. The van der Waals surface area contributed by atoms with Gasteiger partial charge in [-0.3, -0.25) is 9.36 Å². The number of carbonyl (C=O) groups is 1. The molecule has 6 aromatic rings. The van der Waals surface area contributed by atoms with E-state index in [-0.39, 0.29) is 5.91 Å². The Morgan fingerprint density at radius 3 is 2.14 bits per heavy atom. The Hall–Kier alpha value is -4.89. The molecule has 0 aliphatic carbocycles. The zero-order chi connectivity index (χ0) is 24.8. The summed E-state index contributed by atoms with van der Waals surface area (Å²) in [5.74, 6) is 0.776. The third-order valence-corrected chi connectivity index (χ3v) is 7.25. The molecular weight excluding hydrogens is 454 g/mol. The summed E-state index contributed by atoms with van der Waals surface area (Å²) in [6.07, 6.45) is 6.14. The second-order valence-corrected chi connectivity index (χ2v) is 9.37. The normalized spacial score (nSPS) is 13.8. The molecule has 0 amide bonds. The number of benzene rings is 5. The van der Waals surface area contributed by atoms with Gasteiger partial charge in [-0.2, -0.15) is 0 Å². The van der Waals surface area contributed by atoms with E-state index in [9.17, 15) is 4.79 Å². The number of aromatic nitrogens is 1. The van der Waals surface area contributed by atoms with Crippen LogP contribution < -0.4 is 4.74 Å². The SMILES string of the molecule is O=C(c1ccc2c3c(ccc2c1)OC(c1ccccc1)(c1ccccc1)C=C3)n1ccc2ccccc21. The minimum absolute atomic E-state index is 0.0419. The Balaban J connectivity index is 1.31. The first-order valence-corrected chi connectivity index (χ1v) is 12.4. The first-order chi connectivity index (χ1) is 18.2. The summed E-state index contributed by atoms with van der Waals surface area (Å²) in [7, 11) is 0. The molecule has 2 heterocycles. The van der Waals surface area contributed by atoms with Crippen LogP contribution in [-0.2, 0) is 5.60 Å². The molecule has 3 nitrogen and oxygen atoms in total. The Bertz CT molecular complexity index is 1770. The van der Waals surface area contributed by atoms with Gasteiger partial charge in [0.2, 0.25) is 0 Å². The first-order valence-electron chi connectivity index (χ1n) is 12.4. The zero-order valence-corrected chi connectivity index (χ0v) is 20.0. The quantitative estimate of drug-likeness (QED) is 0.260. The molecule has 0 N–H and O–H groups in total. The second kappa shape index (κ2) is 8.35. The van der Waals surface area contributed by atoms with E-state index in [2.05, 4.69) is 36.4 Å². The topological polar surface area (TPSA) is 31.2 Å². The number of rotatable bonds is 3. The van der Waals surface area contributed by atoms with Gasteiger partial charge in [0.1, 0.15) is 5.75 Å². The molecule has 0 unspecified atom stereocenters. The summed E-state index contributed by atoms with van der Waals surface area (Å²) in [6, 6.07) is 40.5. The van der Waals surface area contributed by atoms with Gasteiger partial charge in [0, 0.05) is 33.8 Å². The van der Waals surface area contributed by atoms with Crippen LogP contribution in [-0.4, -0.2) is 10.5 Å². The van der Waals surface area contributed by atoms with Crippen molar-refractivity contribution in [3.8, 4) is 5.75 Å². The van der Waals surface area contributed by atoms with E-state index in [4.69, 9.17) is 4.74 Å². The molecule has 37 heavy (non-hydrogen) atoms. The van der Waals surface area contributed by atoms with E-state index in [0.717, 1.165) is 44.1 Å². The molecule has 0 fully saturated rings. The molecule has 0 radical (unpaired) electrons. The Morgan fingerprint density at radius 1 is 0.676 bits per heavy atom. The fourth-order valence-electron chi connectivity index (χ4n) is 5.38. The van der Waals surface area contributed by atoms with Crippen molar-refractivity contribution in [3.63, 3.8) is 0 Å². The van der Waals surface area contributed by atoms with Crippen molar-refractivity contribution in [1.82, 2.24) is 4.57 Å². The van der Waals surface area contributed by atoms with Gasteiger partial charge in [-0.15, -0.1) is 0 Å². The van der Waals surface area contributed by atoms with Crippen LogP contribution in [0.15, 0.2) is 134 Å².